The molecule has 3 nitrogen and oxygen atoms in total. The zero-order chi connectivity index (χ0) is 15.2. The highest BCUT2D eigenvalue weighted by Crippen LogP contribution is 2.29. The summed E-state index contributed by atoms with van der Waals surface area (Å²) in [5, 5.41) is 2.82. The maximum atomic E-state index is 13.8. The SMILES string of the molecule is COc1ccc(C(=O)NCCC2CCC(C)CC2)c(F)c1. The second-order valence-electron chi connectivity index (χ2n) is 6.02. The lowest BCUT2D eigenvalue weighted by Gasteiger charge is -2.26. The molecule has 0 aromatic heterocycles. The Labute approximate surface area is 125 Å². The van der Waals surface area contributed by atoms with E-state index in [1.54, 1.807) is 6.07 Å². The van der Waals surface area contributed by atoms with Crippen molar-refractivity contribution in [3.05, 3.63) is 29.6 Å². The summed E-state index contributed by atoms with van der Waals surface area (Å²) in [6.45, 7) is 2.91. The fourth-order valence-electron chi connectivity index (χ4n) is 2.91. The van der Waals surface area contributed by atoms with Crippen LogP contribution in [0.1, 0.15) is 49.4 Å². The summed E-state index contributed by atoms with van der Waals surface area (Å²) in [5.74, 6) is 1.06. The summed E-state index contributed by atoms with van der Waals surface area (Å²) in [6.07, 6.45) is 6.04. The molecule has 1 N–H and O–H groups in total. The summed E-state index contributed by atoms with van der Waals surface area (Å²) in [7, 11) is 1.47. The first-order chi connectivity index (χ1) is 10.1. The topological polar surface area (TPSA) is 38.3 Å². The Balaban J connectivity index is 1.79. The summed E-state index contributed by atoms with van der Waals surface area (Å²) < 4.78 is 18.7. The first kappa shape index (κ1) is 15.8. The van der Waals surface area contributed by atoms with E-state index in [-0.39, 0.29) is 11.5 Å². The predicted molar refractivity (Wildman–Crippen MR) is 81.0 cm³/mol. The Hall–Kier alpha value is -1.58. The molecule has 1 aliphatic rings. The Morgan fingerprint density at radius 1 is 1.33 bits per heavy atom. The molecule has 0 spiro atoms. The molecule has 4 heteroatoms. The van der Waals surface area contributed by atoms with Gasteiger partial charge in [0.15, 0.2) is 0 Å². The van der Waals surface area contributed by atoms with Crippen molar-refractivity contribution in [2.75, 3.05) is 13.7 Å². The molecular weight excluding hydrogens is 269 g/mol. The van der Waals surface area contributed by atoms with Crippen LogP contribution >= 0.6 is 0 Å². The van der Waals surface area contributed by atoms with E-state index in [2.05, 4.69) is 12.2 Å². The highest BCUT2D eigenvalue weighted by atomic mass is 19.1. The molecule has 2 rings (SSSR count). The third kappa shape index (κ3) is 4.45. The average molecular weight is 293 g/mol. The van der Waals surface area contributed by atoms with E-state index in [1.807, 2.05) is 0 Å². The number of nitrogens with one attached hydrogen (secondary N) is 1. The Kier molecular flexibility index (Phi) is 5.59. The fraction of sp³-hybridized carbons (Fsp3) is 0.588. The minimum atomic E-state index is -0.543. The molecule has 0 saturated heterocycles. The minimum absolute atomic E-state index is 0.0769. The van der Waals surface area contributed by atoms with E-state index >= 15 is 0 Å². The lowest BCUT2D eigenvalue weighted by molar-refractivity contribution is 0.0945. The zero-order valence-corrected chi connectivity index (χ0v) is 12.8. The van der Waals surface area contributed by atoms with Crippen molar-refractivity contribution in [3.8, 4) is 5.75 Å². The van der Waals surface area contributed by atoms with Gasteiger partial charge < -0.3 is 10.1 Å². The Morgan fingerprint density at radius 2 is 2.05 bits per heavy atom. The monoisotopic (exact) mass is 293 g/mol. The van der Waals surface area contributed by atoms with Crippen LogP contribution < -0.4 is 10.1 Å². The van der Waals surface area contributed by atoms with Gasteiger partial charge >= 0.3 is 0 Å². The number of carbonyl (C=O) groups excluding carboxylic acids is 1. The van der Waals surface area contributed by atoms with Crippen LogP contribution in [0.2, 0.25) is 0 Å². The molecule has 0 aliphatic heterocycles. The molecule has 1 aromatic rings. The lowest BCUT2D eigenvalue weighted by atomic mass is 9.81. The molecule has 1 aromatic carbocycles. The summed E-state index contributed by atoms with van der Waals surface area (Å²) in [5.41, 5.74) is 0.0769. The molecule has 0 heterocycles. The van der Waals surface area contributed by atoms with Crippen molar-refractivity contribution in [3.63, 3.8) is 0 Å². The molecule has 1 amide bonds. The third-order valence-electron chi connectivity index (χ3n) is 4.39. The number of hydrogen-bond donors (Lipinski definition) is 1. The largest absolute Gasteiger partial charge is 0.497 e. The number of halogens is 1. The van der Waals surface area contributed by atoms with Crippen LogP contribution in [0.15, 0.2) is 18.2 Å². The zero-order valence-electron chi connectivity index (χ0n) is 12.8. The van der Waals surface area contributed by atoms with E-state index < -0.39 is 5.82 Å². The van der Waals surface area contributed by atoms with Crippen LogP contribution in [0.4, 0.5) is 4.39 Å². The maximum Gasteiger partial charge on any atom is 0.254 e. The number of ether oxygens (including phenoxy) is 1. The Morgan fingerprint density at radius 3 is 2.67 bits per heavy atom. The van der Waals surface area contributed by atoms with E-state index in [0.29, 0.717) is 18.2 Å². The molecule has 21 heavy (non-hydrogen) atoms. The van der Waals surface area contributed by atoms with E-state index in [1.165, 1.54) is 44.9 Å². The van der Waals surface area contributed by atoms with Gasteiger partial charge in [-0.2, -0.15) is 0 Å². The van der Waals surface area contributed by atoms with Crippen LogP contribution in [-0.4, -0.2) is 19.6 Å². The van der Waals surface area contributed by atoms with Crippen molar-refractivity contribution in [2.45, 2.75) is 39.0 Å². The number of hydrogen-bond acceptors (Lipinski definition) is 2. The second kappa shape index (κ2) is 7.43. The van der Waals surface area contributed by atoms with Gasteiger partial charge in [0, 0.05) is 12.6 Å². The van der Waals surface area contributed by atoms with Gasteiger partial charge in [-0.1, -0.05) is 32.6 Å². The quantitative estimate of drug-likeness (QED) is 0.897. The fourth-order valence-corrected chi connectivity index (χ4v) is 2.91. The molecule has 116 valence electrons. The van der Waals surface area contributed by atoms with Gasteiger partial charge in [0.25, 0.3) is 5.91 Å². The third-order valence-corrected chi connectivity index (χ3v) is 4.39. The summed E-state index contributed by atoms with van der Waals surface area (Å²) in [4.78, 5) is 12.0. The van der Waals surface area contributed by atoms with Gasteiger partial charge in [0.2, 0.25) is 0 Å². The second-order valence-corrected chi connectivity index (χ2v) is 6.02. The van der Waals surface area contributed by atoms with Gasteiger partial charge in [-0.25, -0.2) is 4.39 Å². The first-order valence-corrected chi connectivity index (χ1v) is 7.72. The van der Waals surface area contributed by atoms with Gasteiger partial charge in [-0.3, -0.25) is 4.79 Å². The minimum Gasteiger partial charge on any atom is -0.497 e. The number of rotatable bonds is 5. The molecular formula is C17H24FNO2. The normalized spacial score (nSPS) is 21.9. The van der Waals surface area contributed by atoms with E-state index in [0.717, 1.165) is 12.3 Å². The Bertz CT molecular complexity index is 482. The maximum absolute atomic E-state index is 13.8. The lowest BCUT2D eigenvalue weighted by Crippen LogP contribution is -2.27. The van der Waals surface area contributed by atoms with Gasteiger partial charge in [0.1, 0.15) is 11.6 Å². The van der Waals surface area contributed by atoms with Crippen LogP contribution in [0, 0.1) is 17.7 Å². The van der Waals surface area contributed by atoms with Crippen LogP contribution in [-0.2, 0) is 0 Å². The number of carbonyl (C=O) groups is 1. The molecule has 0 bridgehead atoms. The van der Waals surface area contributed by atoms with Crippen molar-refractivity contribution in [1.29, 1.82) is 0 Å². The van der Waals surface area contributed by atoms with Gasteiger partial charge in [0.05, 0.1) is 12.7 Å². The molecule has 1 fully saturated rings. The number of amides is 1. The van der Waals surface area contributed by atoms with Crippen molar-refractivity contribution in [1.82, 2.24) is 5.32 Å². The number of benzene rings is 1. The molecule has 0 unspecified atom stereocenters. The van der Waals surface area contributed by atoms with Gasteiger partial charge in [-0.05, 0) is 30.4 Å². The summed E-state index contributed by atoms with van der Waals surface area (Å²) >= 11 is 0. The predicted octanol–water partition coefficient (Wildman–Crippen LogP) is 3.78. The first-order valence-electron chi connectivity index (χ1n) is 7.72. The molecule has 0 radical (unpaired) electrons. The van der Waals surface area contributed by atoms with Crippen molar-refractivity contribution >= 4 is 5.91 Å². The highest BCUT2D eigenvalue weighted by molar-refractivity contribution is 5.94. The standard InChI is InChI=1S/C17H24FNO2/c1-12-3-5-13(6-4-12)9-10-19-17(20)15-8-7-14(21-2)11-16(15)18/h7-8,11-13H,3-6,9-10H2,1-2H3,(H,19,20). The molecule has 1 aliphatic carbocycles. The number of methoxy groups -OCH3 is 1. The van der Waals surface area contributed by atoms with E-state index in [4.69, 9.17) is 4.74 Å². The van der Waals surface area contributed by atoms with Crippen molar-refractivity contribution in [2.24, 2.45) is 11.8 Å². The van der Waals surface area contributed by atoms with Gasteiger partial charge in [-0.15, -0.1) is 0 Å². The van der Waals surface area contributed by atoms with Crippen LogP contribution in [0.5, 0.6) is 5.75 Å². The van der Waals surface area contributed by atoms with Crippen molar-refractivity contribution < 1.29 is 13.9 Å². The molecule has 1 saturated carbocycles. The highest BCUT2D eigenvalue weighted by Gasteiger charge is 2.18. The molecule has 0 atom stereocenters. The van der Waals surface area contributed by atoms with Crippen LogP contribution in [0.3, 0.4) is 0 Å². The summed E-state index contributed by atoms with van der Waals surface area (Å²) in [6, 6.07) is 4.30. The van der Waals surface area contributed by atoms with Crippen LogP contribution in [0.25, 0.3) is 0 Å². The smallest absolute Gasteiger partial charge is 0.254 e. The average Bonchev–Trinajstić information content (AvgIpc) is 2.49. The van der Waals surface area contributed by atoms with E-state index in [9.17, 15) is 9.18 Å².